The van der Waals surface area contributed by atoms with Crippen LogP contribution in [0, 0.1) is 0 Å². The molecule has 1 aromatic heterocycles. The molecule has 6 heteroatoms. The minimum Gasteiger partial charge on any atom is -0.454 e. The van der Waals surface area contributed by atoms with E-state index in [1.54, 1.807) is 4.68 Å². The molecule has 18 heavy (non-hydrogen) atoms. The molecule has 6 nitrogen and oxygen atoms in total. The van der Waals surface area contributed by atoms with Crippen LogP contribution >= 0.6 is 0 Å². The smallest absolute Gasteiger partial charge is 0.231 e. The summed E-state index contributed by atoms with van der Waals surface area (Å²) >= 11 is 0. The van der Waals surface area contributed by atoms with Crippen molar-refractivity contribution in [2.45, 2.75) is 18.8 Å². The number of fused-ring (bicyclic) bond motifs is 1. The van der Waals surface area contributed by atoms with Crippen LogP contribution < -0.4 is 15.2 Å². The second-order valence-corrected chi connectivity index (χ2v) is 4.58. The number of ether oxygens (including phenoxy) is 2. The number of hydrogen-bond acceptors (Lipinski definition) is 5. The highest BCUT2D eigenvalue weighted by atomic mass is 16.7. The molecule has 0 unspecified atom stereocenters. The summed E-state index contributed by atoms with van der Waals surface area (Å²) in [5.74, 6) is 2.52. The lowest BCUT2D eigenvalue weighted by Crippen LogP contribution is -2.02. The Morgan fingerprint density at radius 3 is 2.89 bits per heavy atom. The first kappa shape index (κ1) is 9.76. The zero-order chi connectivity index (χ0) is 12.1. The molecule has 1 aliphatic heterocycles. The second-order valence-electron chi connectivity index (χ2n) is 4.58. The van der Waals surface area contributed by atoms with Gasteiger partial charge in [-0.2, -0.15) is 0 Å². The molecule has 2 heterocycles. The van der Waals surface area contributed by atoms with Gasteiger partial charge in [0.25, 0.3) is 0 Å². The maximum Gasteiger partial charge on any atom is 0.231 e. The molecule has 2 N–H and O–H groups in total. The van der Waals surface area contributed by atoms with E-state index in [-0.39, 0.29) is 6.79 Å². The van der Waals surface area contributed by atoms with E-state index in [4.69, 9.17) is 15.2 Å². The van der Waals surface area contributed by atoms with E-state index >= 15 is 0 Å². The summed E-state index contributed by atoms with van der Waals surface area (Å²) in [6.07, 6.45) is 2.31. The Morgan fingerprint density at radius 2 is 2.06 bits per heavy atom. The Labute approximate surface area is 103 Å². The van der Waals surface area contributed by atoms with E-state index in [1.165, 1.54) is 0 Å². The molecule has 1 saturated carbocycles. The highest BCUT2D eigenvalue weighted by Gasteiger charge is 2.31. The Hall–Kier alpha value is -2.24. The Morgan fingerprint density at radius 1 is 1.22 bits per heavy atom. The average Bonchev–Trinajstić information content (AvgIpc) is 2.98. The maximum atomic E-state index is 5.88. The summed E-state index contributed by atoms with van der Waals surface area (Å²) in [5.41, 5.74) is 7.80. The fourth-order valence-corrected chi connectivity index (χ4v) is 2.25. The second kappa shape index (κ2) is 3.38. The summed E-state index contributed by atoms with van der Waals surface area (Å²) < 4.78 is 12.5. The van der Waals surface area contributed by atoms with Gasteiger partial charge in [-0.05, 0) is 25.0 Å². The quantitative estimate of drug-likeness (QED) is 0.865. The number of nitrogens with two attached hydrogens (primary N) is 1. The topological polar surface area (TPSA) is 75.2 Å². The standard InChI is InChI=1S/C12H12N4O2/c13-12-11(7-1-2-7)16(15-14-12)8-3-4-9-10(5-8)18-6-17-9/h3-5,7H,1-2,6,13H2. The number of benzene rings is 1. The lowest BCUT2D eigenvalue weighted by Gasteiger charge is -2.06. The maximum absolute atomic E-state index is 5.88. The van der Waals surface area contributed by atoms with Crippen LogP contribution in [-0.2, 0) is 0 Å². The van der Waals surface area contributed by atoms with Gasteiger partial charge in [0.1, 0.15) is 0 Å². The molecule has 4 rings (SSSR count). The van der Waals surface area contributed by atoms with Crippen molar-refractivity contribution in [3.8, 4) is 17.2 Å². The van der Waals surface area contributed by atoms with Crippen molar-refractivity contribution >= 4 is 5.82 Å². The van der Waals surface area contributed by atoms with Crippen LogP contribution in [0.2, 0.25) is 0 Å². The predicted molar refractivity (Wildman–Crippen MR) is 63.9 cm³/mol. The van der Waals surface area contributed by atoms with Crippen LogP contribution in [0.15, 0.2) is 18.2 Å². The summed E-state index contributed by atoms with van der Waals surface area (Å²) in [4.78, 5) is 0. The highest BCUT2D eigenvalue weighted by Crippen LogP contribution is 2.43. The largest absolute Gasteiger partial charge is 0.454 e. The van der Waals surface area contributed by atoms with Crippen LogP contribution in [0.1, 0.15) is 24.5 Å². The van der Waals surface area contributed by atoms with Crippen molar-refractivity contribution in [1.82, 2.24) is 15.0 Å². The van der Waals surface area contributed by atoms with Gasteiger partial charge in [0.05, 0.1) is 11.4 Å². The van der Waals surface area contributed by atoms with Crippen molar-refractivity contribution in [3.63, 3.8) is 0 Å². The number of hydrogen-bond donors (Lipinski definition) is 1. The first-order valence-corrected chi connectivity index (χ1v) is 5.94. The van der Waals surface area contributed by atoms with Gasteiger partial charge < -0.3 is 15.2 Å². The van der Waals surface area contributed by atoms with Crippen molar-refractivity contribution in [2.24, 2.45) is 0 Å². The lowest BCUT2D eigenvalue weighted by atomic mass is 10.2. The number of anilines is 1. The van der Waals surface area contributed by atoms with Crippen molar-refractivity contribution in [1.29, 1.82) is 0 Å². The van der Waals surface area contributed by atoms with Gasteiger partial charge in [-0.25, -0.2) is 4.68 Å². The molecule has 1 fully saturated rings. The molecule has 1 aliphatic carbocycles. The predicted octanol–water partition coefficient (Wildman–Crippen LogP) is 1.46. The normalized spacial score (nSPS) is 17.1. The van der Waals surface area contributed by atoms with Crippen molar-refractivity contribution < 1.29 is 9.47 Å². The van der Waals surface area contributed by atoms with E-state index in [0.29, 0.717) is 11.7 Å². The molecule has 0 saturated heterocycles. The van der Waals surface area contributed by atoms with Gasteiger partial charge in [-0.15, -0.1) is 5.10 Å². The molecular weight excluding hydrogens is 232 g/mol. The average molecular weight is 244 g/mol. The van der Waals surface area contributed by atoms with E-state index in [9.17, 15) is 0 Å². The minimum atomic E-state index is 0.272. The van der Waals surface area contributed by atoms with Gasteiger partial charge in [-0.3, -0.25) is 0 Å². The van der Waals surface area contributed by atoms with Crippen LogP contribution in [-0.4, -0.2) is 21.8 Å². The number of aromatic nitrogens is 3. The van der Waals surface area contributed by atoms with Gasteiger partial charge in [-0.1, -0.05) is 5.21 Å². The van der Waals surface area contributed by atoms with Crippen LogP contribution in [0.4, 0.5) is 5.82 Å². The summed E-state index contributed by atoms with van der Waals surface area (Å²) in [6, 6.07) is 5.72. The fraction of sp³-hybridized carbons (Fsp3) is 0.333. The molecule has 92 valence electrons. The van der Waals surface area contributed by atoms with Gasteiger partial charge in [0, 0.05) is 12.0 Å². The summed E-state index contributed by atoms with van der Waals surface area (Å²) in [7, 11) is 0. The third kappa shape index (κ3) is 1.35. The molecule has 0 radical (unpaired) electrons. The third-order valence-corrected chi connectivity index (χ3v) is 3.30. The van der Waals surface area contributed by atoms with Gasteiger partial charge in [0.15, 0.2) is 17.3 Å². The van der Waals surface area contributed by atoms with E-state index in [1.807, 2.05) is 18.2 Å². The molecule has 0 spiro atoms. The Bertz CT molecular complexity index is 619. The zero-order valence-corrected chi connectivity index (χ0v) is 9.67. The first-order valence-electron chi connectivity index (χ1n) is 5.94. The van der Waals surface area contributed by atoms with E-state index in [2.05, 4.69) is 10.3 Å². The minimum absolute atomic E-state index is 0.272. The van der Waals surface area contributed by atoms with E-state index < -0.39 is 0 Å². The monoisotopic (exact) mass is 244 g/mol. The molecule has 0 amide bonds. The van der Waals surface area contributed by atoms with E-state index in [0.717, 1.165) is 35.7 Å². The van der Waals surface area contributed by atoms with Crippen molar-refractivity contribution in [2.75, 3.05) is 12.5 Å². The van der Waals surface area contributed by atoms with Crippen LogP contribution in [0.5, 0.6) is 11.5 Å². The SMILES string of the molecule is Nc1nnn(-c2ccc3c(c2)OCO3)c1C1CC1. The number of nitrogens with zero attached hydrogens (tertiary/aromatic N) is 3. The van der Waals surface area contributed by atoms with Gasteiger partial charge >= 0.3 is 0 Å². The molecule has 0 bridgehead atoms. The fourth-order valence-electron chi connectivity index (χ4n) is 2.25. The highest BCUT2D eigenvalue weighted by molar-refractivity contribution is 5.52. The Kier molecular flexibility index (Phi) is 1.83. The molecule has 1 aromatic carbocycles. The summed E-state index contributed by atoms with van der Waals surface area (Å²) in [5, 5.41) is 8.08. The van der Waals surface area contributed by atoms with Crippen molar-refractivity contribution in [3.05, 3.63) is 23.9 Å². The molecular formula is C12H12N4O2. The Balaban J connectivity index is 1.83. The van der Waals surface area contributed by atoms with Gasteiger partial charge in [0.2, 0.25) is 6.79 Å². The molecule has 2 aliphatic rings. The van der Waals surface area contributed by atoms with Crippen LogP contribution in [0.25, 0.3) is 5.69 Å². The summed E-state index contributed by atoms with van der Waals surface area (Å²) in [6.45, 7) is 0.272. The third-order valence-electron chi connectivity index (χ3n) is 3.30. The molecule has 0 atom stereocenters. The lowest BCUT2D eigenvalue weighted by molar-refractivity contribution is 0.174. The number of nitrogen functional groups attached to an aromatic ring is 1. The first-order chi connectivity index (χ1) is 8.83. The van der Waals surface area contributed by atoms with Crippen LogP contribution in [0.3, 0.4) is 0 Å². The number of rotatable bonds is 2. The zero-order valence-electron chi connectivity index (χ0n) is 9.67. The molecule has 2 aromatic rings.